The van der Waals surface area contributed by atoms with E-state index in [1.54, 1.807) is 0 Å². The fourth-order valence-electron chi connectivity index (χ4n) is 3.57. The van der Waals surface area contributed by atoms with Crippen LogP contribution in [0.5, 0.6) is 0 Å². The molecular weight excluding hydrogens is 280 g/mol. The van der Waals surface area contributed by atoms with Gasteiger partial charge in [0.1, 0.15) is 0 Å². The fraction of sp³-hybridized carbons (Fsp3) is 0.500. The van der Waals surface area contributed by atoms with Gasteiger partial charge in [-0.2, -0.15) is 0 Å². The molecule has 2 aliphatic rings. The number of carboxylic acid groups (broad SMARTS) is 1. The maximum atomic E-state index is 11.4. The molecule has 1 spiro atoms. The Morgan fingerprint density at radius 2 is 2.18 bits per heavy atom. The van der Waals surface area contributed by atoms with Crippen molar-refractivity contribution in [2.45, 2.75) is 37.5 Å². The first kappa shape index (κ1) is 11.3. The Bertz CT molecular complexity index is 477. The number of rotatable bonds is 1. The Morgan fingerprint density at radius 1 is 1.41 bits per heavy atom. The van der Waals surface area contributed by atoms with Gasteiger partial charge in [0, 0.05) is 9.89 Å². The van der Waals surface area contributed by atoms with E-state index < -0.39 is 5.97 Å². The molecule has 1 N–H and O–H groups in total. The first-order chi connectivity index (χ1) is 8.15. The minimum atomic E-state index is -0.615. The van der Waals surface area contributed by atoms with E-state index >= 15 is 0 Å². The fourth-order valence-corrected chi connectivity index (χ4v) is 4.13. The van der Waals surface area contributed by atoms with Gasteiger partial charge in [0.15, 0.2) is 0 Å². The van der Waals surface area contributed by atoms with Gasteiger partial charge in [0.05, 0.1) is 5.92 Å². The molecule has 0 heterocycles. The Balaban J connectivity index is 2.14. The van der Waals surface area contributed by atoms with Gasteiger partial charge in [0.2, 0.25) is 0 Å². The molecule has 1 aromatic rings. The van der Waals surface area contributed by atoms with E-state index in [1.165, 1.54) is 11.1 Å². The number of carbonyl (C=O) groups is 1. The highest BCUT2D eigenvalue weighted by Crippen LogP contribution is 2.55. The maximum Gasteiger partial charge on any atom is 0.307 e. The molecule has 0 bridgehead atoms. The van der Waals surface area contributed by atoms with Crippen molar-refractivity contribution in [2.24, 2.45) is 5.92 Å². The van der Waals surface area contributed by atoms with Crippen LogP contribution >= 0.6 is 15.9 Å². The van der Waals surface area contributed by atoms with Crippen LogP contribution in [0.25, 0.3) is 0 Å². The third kappa shape index (κ3) is 1.48. The summed E-state index contributed by atoms with van der Waals surface area (Å²) in [6, 6.07) is 6.23. The zero-order chi connectivity index (χ0) is 12.0. The molecule has 3 heteroatoms. The van der Waals surface area contributed by atoms with Crippen LogP contribution in [0, 0.1) is 5.92 Å². The van der Waals surface area contributed by atoms with Gasteiger partial charge in [0.25, 0.3) is 0 Å². The normalized spacial score (nSPS) is 25.1. The van der Waals surface area contributed by atoms with Crippen molar-refractivity contribution in [1.82, 2.24) is 0 Å². The molecule has 0 saturated heterocycles. The third-order valence-electron chi connectivity index (χ3n) is 4.55. The Morgan fingerprint density at radius 3 is 2.76 bits per heavy atom. The van der Waals surface area contributed by atoms with Crippen molar-refractivity contribution < 1.29 is 9.90 Å². The molecule has 0 aromatic heterocycles. The van der Waals surface area contributed by atoms with Crippen LogP contribution in [0.2, 0.25) is 0 Å². The standard InChI is InChI=1S/C14H15BrO2/c15-12-4-1-3-10-9(12)5-6-11(13(16)17)14(10)7-2-8-14/h1,3-4,11H,2,5-8H2,(H,16,17). The van der Waals surface area contributed by atoms with Crippen LogP contribution in [0.4, 0.5) is 0 Å². The summed E-state index contributed by atoms with van der Waals surface area (Å²) < 4.78 is 1.14. The van der Waals surface area contributed by atoms with E-state index in [0.29, 0.717) is 0 Å². The average Bonchev–Trinajstić information content (AvgIpc) is 2.25. The molecule has 2 nitrogen and oxygen atoms in total. The van der Waals surface area contributed by atoms with Crippen molar-refractivity contribution in [3.05, 3.63) is 33.8 Å². The van der Waals surface area contributed by atoms with Crippen molar-refractivity contribution in [1.29, 1.82) is 0 Å². The topological polar surface area (TPSA) is 37.3 Å². The van der Waals surface area contributed by atoms with Gasteiger partial charge in [-0.25, -0.2) is 0 Å². The first-order valence-corrected chi connectivity index (χ1v) is 6.95. The van der Waals surface area contributed by atoms with E-state index in [1.807, 2.05) is 6.07 Å². The first-order valence-electron chi connectivity index (χ1n) is 6.16. The summed E-state index contributed by atoms with van der Waals surface area (Å²) >= 11 is 3.60. The lowest BCUT2D eigenvalue weighted by Crippen LogP contribution is -2.48. The average molecular weight is 295 g/mol. The number of halogens is 1. The molecule has 1 aromatic carbocycles. The summed E-state index contributed by atoms with van der Waals surface area (Å²) in [7, 11) is 0. The molecular formula is C14H15BrO2. The summed E-state index contributed by atoms with van der Waals surface area (Å²) in [6.07, 6.45) is 4.90. The van der Waals surface area contributed by atoms with Crippen LogP contribution in [0.3, 0.4) is 0 Å². The Labute approximate surface area is 109 Å². The van der Waals surface area contributed by atoms with Crippen molar-refractivity contribution in [2.75, 3.05) is 0 Å². The van der Waals surface area contributed by atoms with E-state index in [0.717, 1.165) is 36.6 Å². The largest absolute Gasteiger partial charge is 0.481 e. The van der Waals surface area contributed by atoms with Crippen molar-refractivity contribution in [3.63, 3.8) is 0 Å². The number of hydrogen-bond donors (Lipinski definition) is 1. The molecule has 0 aliphatic heterocycles. The van der Waals surface area contributed by atoms with Crippen molar-refractivity contribution >= 4 is 21.9 Å². The molecule has 0 radical (unpaired) electrons. The number of benzene rings is 1. The summed E-state index contributed by atoms with van der Waals surface area (Å²) in [5.41, 5.74) is 2.56. The SMILES string of the molecule is O=C(O)C1CCc2c(Br)cccc2C12CCC2. The lowest BCUT2D eigenvalue weighted by molar-refractivity contribution is -0.147. The molecule has 0 amide bonds. The Kier molecular flexibility index (Phi) is 2.54. The van der Waals surface area contributed by atoms with Gasteiger partial charge in [-0.1, -0.05) is 34.5 Å². The minimum Gasteiger partial charge on any atom is -0.481 e. The lowest BCUT2D eigenvalue weighted by atomic mass is 9.53. The second-order valence-corrected chi connectivity index (χ2v) is 6.06. The number of aliphatic carboxylic acids is 1. The molecule has 17 heavy (non-hydrogen) atoms. The zero-order valence-electron chi connectivity index (χ0n) is 9.58. The number of hydrogen-bond acceptors (Lipinski definition) is 1. The molecule has 90 valence electrons. The highest BCUT2D eigenvalue weighted by atomic mass is 79.9. The summed E-state index contributed by atoms with van der Waals surface area (Å²) in [5, 5.41) is 9.42. The van der Waals surface area contributed by atoms with E-state index in [9.17, 15) is 9.90 Å². The zero-order valence-corrected chi connectivity index (χ0v) is 11.2. The smallest absolute Gasteiger partial charge is 0.307 e. The monoisotopic (exact) mass is 294 g/mol. The highest BCUT2D eigenvalue weighted by molar-refractivity contribution is 9.10. The van der Waals surface area contributed by atoms with Gasteiger partial charge in [-0.05, 0) is 42.9 Å². The molecule has 1 fully saturated rings. The molecule has 2 aliphatic carbocycles. The minimum absolute atomic E-state index is 0.0663. The van der Waals surface area contributed by atoms with Crippen LogP contribution < -0.4 is 0 Å². The van der Waals surface area contributed by atoms with Gasteiger partial charge >= 0.3 is 5.97 Å². The molecule has 1 saturated carbocycles. The van der Waals surface area contributed by atoms with Crippen LogP contribution in [-0.2, 0) is 16.6 Å². The van der Waals surface area contributed by atoms with Crippen LogP contribution in [-0.4, -0.2) is 11.1 Å². The number of fused-ring (bicyclic) bond motifs is 2. The van der Waals surface area contributed by atoms with E-state index in [-0.39, 0.29) is 11.3 Å². The summed E-state index contributed by atoms with van der Waals surface area (Å²) in [6.45, 7) is 0. The quantitative estimate of drug-likeness (QED) is 0.860. The molecule has 3 rings (SSSR count). The van der Waals surface area contributed by atoms with E-state index in [2.05, 4.69) is 28.1 Å². The van der Waals surface area contributed by atoms with E-state index in [4.69, 9.17) is 0 Å². The second kappa shape index (κ2) is 3.84. The van der Waals surface area contributed by atoms with Gasteiger partial charge in [-0.15, -0.1) is 0 Å². The summed E-state index contributed by atoms with van der Waals surface area (Å²) in [4.78, 5) is 11.4. The van der Waals surface area contributed by atoms with Crippen LogP contribution in [0.15, 0.2) is 22.7 Å². The predicted molar refractivity (Wildman–Crippen MR) is 69.1 cm³/mol. The second-order valence-electron chi connectivity index (χ2n) is 5.21. The highest BCUT2D eigenvalue weighted by Gasteiger charge is 2.51. The molecule has 1 atom stereocenters. The third-order valence-corrected chi connectivity index (χ3v) is 5.29. The lowest BCUT2D eigenvalue weighted by Gasteiger charge is -2.50. The number of carboxylic acids is 1. The molecule has 1 unspecified atom stereocenters. The van der Waals surface area contributed by atoms with Gasteiger partial charge in [-0.3, -0.25) is 4.79 Å². The predicted octanol–water partition coefficient (Wildman–Crippen LogP) is 3.52. The van der Waals surface area contributed by atoms with Gasteiger partial charge < -0.3 is 5.11 Å². The van der Waals surface area contributed by atoms with Crippen LogP contribution in [0.1, 0.15) is 36.8 Å². The Hall–Kier alpha value is -0.830. The van der Waals surface area contributed by atoms with Crippen molar-refractivity contribution in [3.8, 4) is 0 Å². The summed E-state index contributed by atoms with van der Waals surface area (Å²) in [5.74, 6) is -0.798. The maximum absolute atomic E-state index is 11.4.